The molecule has 0 amide bonds. The van der Waals surface area contributed by atoms with Crippen LogP contribution in [-0.4, -0.2) is 9.78 Å². The fourth-order valence-electron chi connectivity index (χ4n) is 3.49. The van der Waals surface area contributed by atoms with Crippen molar-refractivity contribution in [1.82, 2.24) is 9.78 Å². The minimum atomic E-state index is 0.117. The smallest absolute Gasteiger partial charge is 0.0696 e. The summed E-state index contributed by atoms with van der Waals surface area (Å²) in [6.45, 7) is 7.82. The molecule has 1 fully saturated rings. The normalized spacial score (nSPS) is 25.1. The third kappa shape index (κ3) is 3.45. The van der Waals surface area contributed by atoms with E-state index in [9.17, 15) is 0 Å². The van der Waals surface area contributed by atoms with Crippen LogP contribution in [0.5, 0.6) is 0 Å². The van der Waals surface area contributed by atoms with Crippen LogP contribution in [0.2, 0.25) is 0 Å². The number of hydrogen-bond acceptors (Lipinski definition) is 2. The summed E-state index contributed by atoms with van der Waals surface area (Å²) in [5.41, 5.74) is 7.77. The summed E-state index contributed by atoms with van der Waals surface area (Å²) in [6.07, 6.45) is 8.16. The summed E-state index contributed by atoms with van der Waals surface area (Å²) in [5.74, 6) is 2.31. The van der Waals surface area contributed by atoms with Crippen molar-refractivity contribution in [2.45, 2.75) is 65.5 Å². The predicted molar refractivity (Wildman–Crippen MR) is 87.4 cm³/mol. The van der Waals surface area contributed by atoms with Gasteiger partial charge in [0.05, 0.1) is 22.4 Å². The highest BCUT2D eigenvalue weighted by molar-refractivity contribution is 9.10. The molecule has 1 aromatic heterocycles. The topological polar surface area (TPSA) is 43.8 Å². The largest absolute Gasteiger partial charge is 0.322 e. The Bertz CT molecular complexity index is 419. The van der Waals surface area contributed by atoms with Gasteiger partial charge in [-0.25, -0.2) is 0 Å². The Labute approximate surface area is 131 Å². The molecule has 1 atom stereocenters. The Morgan fingerprint density at radius 1 is 1.30 bits per heavy atom. The van der Waals surface area contributed by atoms with Crippen LogP contribution in [0.1, 0.15) is 64.6 Å². The lowest BCUT2D eigenvalue weighted by Gasteiger charge is -2.34. The van der Waals surface area contributed by atoms with Gasteiger partial charge >= 0.3 is 0 Å². The second-order valence-corrected chi connectivity index (χ2v) is 7.40. The average molecular weight is 342 g/mol. The van der Waals surface area contributed by atoms with Gasteiger partial charge in [0.2, 0.25) is 0 Å². The van der Waals surface area contributed by atoms with Crippen molar-refractivity contribution in [2.24, 2.45) is 23.5 Å². The Kier molecular flexibility index (Phi) is 5.67. The summed E-state index contributed by atoms with van der Waals surface area (Å²) in [6, 6.07) is 0.117. The Morgan fingerprint density at radius 2 is 1.90 bits per heavy atom. The number of nitrogens with zero attached hydrogens (tertiary/aromatic N) is 2. The third-order valence-electron chi connectivity index (χ3n) is 4.85. The maximum absolute atomic E-state index is 6.58. The Hall–Kier alpha value is -0.350. The zero-order chi connectivity index (χ0) is 14.7. The highest BCUT2D eigenvalue weighted by Crippen LogP contribution is 2.39. The molecular formula is C16H28BrN3. The lowest BCUT2D eigenvalue weighted by molar-refractivity contribution is 0.200. The molecule has 114 valence electrons. The Morgan fingerprint density at radius 3 is 2.45 bits per heavy atom. The zero-order valence-electron chi connectivity index (χ0n) is 13.0. The third-order valence-corrected chi connectivity index (χ3v) is 5.46. The molecule has 1 saturated carbocycles. The quantitative estimate of drug-likeness (QED) is 0.855. The lowest BCUT2D eigenvalue weighted by Crippen LogP contribution is -2.29. The van der Waals surface area contributed by atoms with E-state index in [1.54, 1.807) is 0 Å². The molecule has 1 aliphatic rings. The van der Waals surface area contributed by atoms with Gasteiger partial charge in [-0.15, -0.1) is 0 Å². The first-order valence-corrected chi connectivity index (χ1v) is 8.80. The van der Waals surface area contributed by atoms with Crippen molar-refractivity contribution < 1.29 is 0 Å². The van der Waals surface area contributed by atoms with Crippen LogP contribution in [0.3, 0.4) is 0 Å². The van der Waals surface area contributed by atoms with Gasteiger partial charge in [-0.2, -0.15) is 5.10 Å². The molecule has 1 aliphatic carbocycles. The number of nitrogens with two attached hydrogens (primary N) is 1. The van der Waals surface area contributed by atoms with Gasteiger partial charge in [0, 0.05) is 6.54 Å². The van der Waals surface area contributed by atoms with Crippen LogP contribution >= 0.6 is 15.9 Å². The number of hydrogen-bond donors (Lipinski definition) is 1. The van der Waals surface area contributed by atoms with Crippen molar-refractivity contribution in [3.05, 3.63) is 16.4 Å². The second kappa shape index (κ2) is 7.08. The average Bonchev–Trinajstić information content (AvgIpc) is 2.79. The fourth-order valence-corrected chi connectivity index (χ4v) is 4.05. The second-order valence-electron chi connectivity index (χ2n) is 6.55. The summed E-state index contributed by atoms with van der Waals surface area (Å²) in [4.78, 5) is 0. The summed E-state index contributed by atoms with van der Waals surface area (Å²) < 4.78 is 3.16. The molecule has 2 rings (SSSR count). The fraction of sp³-hybridized carbons (Fsp3) is 0.812. The van der Waals surface area contributed by atoms with Crippen molar-refractivity contribution in [1.29, 1.82) is 0 Å². The van der Waals surface area contributed by atoms with E-state index < -0.39 is 0 Å². The number of rotatable bonds is 5. The van der Waals surface area contributed by atoms with Gasteiger partial charge in [0.15, 0.2) is 0 Å². The summed E-state index contributed by atoms with van der Waals surface area (Å²) in [7, 11) is 0. The SMILES string of the molecule is CCCn1ncc(Br)c1C(N)C1CCC(C(C)C)CC1. The molecule has 1 aromatic rings. The van der Waals surface area contributed by atoms with E-state index in [1.165, 1.54) is 31.4 Å². The lowest BCUT2D eigenvalue weighted by atomic mass is 9.74. The van der Waals surface area contributed by atoms with Crippen LogP contribution in [-0.2, 0) is 6.54 Å². The molecule has 0 radical (unpaired) electrons. The van der Waals surface area contributed by atoms with Gasteiger partial charge in [-0.05, 0) is 65.8 Å². The number of aromatic nitrogens is 2. The van der Waals surface area contributed by atoms with Gasteiger partial charge in [0.1, 0.15) is 0 Å². The van der Waals surface area contributed by atoms with Crippen molar-refractivity contribution in [2.75, 3.05) is 0 Å². The minimum Gasteiger partial charge on any atom is -0.322 e. The van der Waals surface area contributed by atoms with E-state index in [-0.39, 0.29) is 6.04 Å². The predicted octanol–water partition coefficient (Wildman–Crippen LogP) is 4.52. The maximum atomic E-state index is 6.58. The van der Waals surface area contributed by atoms with Crippen LogP contribution in [0.4, 0.5) is 0 Å². The number of halogens is 1. The van der Waals surface area contributed by atoms with E-state index in [4.69, 9.17) is 5.73 Å². The minimum absolute atomic E-state index is 0.117. The van der Waals surface area contributed by atoms with Gasteiger partial charge < -0.3 is 5.73 Å². The molecule has 0 spiro atoms. The standard InChI is InChI=1S/C16H28BrN3/c1-4-9-20-16(14(17)10-19-20)15(18)13-7-5-12(6-8-13)11(2)3/h10-13,15H,4-9,18H2,1-3H3. The molecule has 0 saturated heterocycles. The van der Waals surface area contributed by atoms with Gasteiger partial charge in [0.25, 0.3) is 0 Å². The highest BCUT2D eigenvalue weighted by Gasteiger charge is 2.30. The van der Waals surface area contributed by atoms with Gasteiger partial charge in [-0.1, -0.05) is 20.8 Å². The van der Waals surface area contributed by atoms with Gasteiger partial charge in [-0.3, -0.25) is 4.68 Å². The van der Waals surface area contributed by atoms with Crippen molar-refractivity contribution in [3.8, 4) is 0 Å². The summed E-state index contributed by atoms with van der Waals surface area (Å²) >= 11 is 3.63. The van der Waals surface area contributed by atoms with Crippen molar-refractivity contribution >= 4 is 15.9 Å². The molecular weight excluding hydrogens is 314 g/mol. The maximum Gasteiger partial charge on any atom is 0.0696 e. The Balaban J connectivity index is 2.05. The van der Waals surface area contributed by atoms with E-state index in [2.05, 4.69) is 46.5 Å². The molecule has 0 aromatic carbocycles. The number of aryl methyl sites for hydroxylation is 1. The van der Waals surface area contributed by atoms with Crippen LogP contribution in [0, 0.1) is 17.8 Å². The molecule has 0 aliphatic heterocycles. The first kappa shape index (κ1) is 16.0. The molecule has 3 nitrogen and oxygen atoms in total. The molecule has 1 heterocycles. The van der Waals surface area contributed by atoms with E-state index in [1.807, 2.05) is 6.20 Å². The molecule has 4 heteroatoms. The molecule has 0 bridgehead atoms. The van der Waals surface area contributed by atoms with Crippen LogP contribution in [0.15, 0.2) is 10.7 Å². The first-order valence-electron chi connectivity index (χ1n) is 8.01. The molecule has 1 unspecified atom stereocenters. The molecule has 2 N–H and O–H groups in total. The summed E-state index contributed by atoms with van der Waals surface area (Å²) in [5, 5.41) is 4.45. The molecule has 20 heavy (non-hydrogen) atoms. The highest BCUT2D eigenvalue weighted by atomic mass is 79.9. The van der Waals surface area contributed by atoms with E-state index in [0.717, 1.165) is 29.3 Å². The first-order chi connectivity index (χ1) is 9.54. The van der Waals surface area contributed by atoms with E-state index >= 15 is 0 Å². The van der Waals surface area contributed by atoms with Crippen LogP contribution in [0.25, 0.3) is 0 Å². The zero-order valence-corrected chi connectivity index (χ0v) is 14.6. The van der Waals surface area contributed by atoms with Crippen LogP contribution < -0.4 is 5.73 Å². The monoisotopic (exact) mass is 341 g/mol. The van der Waals surface area contributed by atoms with E-state index in [0.29, 0.717) is 5.92 Å². The van der Waals surface area contributed by atoms with Crippen molar-refractivity contribution in [3.63, 3.8) is 0 Å².